The number of rotatable bonds is 8. The number of amides is 3. The quantitative estimate of drug-likeness (QED) is 0.361. The van der Waals surface area contributed by atoms with E-state index in [0.717, 1.165) is 12.1 Å². The Kier molecular flexibility index (Phi) is 7.80. The molecule has 0 radical (unpaired) electrons. The molecule has 0 saturated heterocycles. The number of hydrogen-bond donors (Lipinski definition) is 4. The van der Waals surface area contributed by atoms with Crippen LogP contribution in [0.5, 0.6) is 0 Å². The average Bonchev–Trinajstić information content (AvgIpc) is 3.27. The van der Waals surface area contributed by atoms with E-state index >= 15 is 0 Å². The smallest absolute Gasteiger partial charge is 0.326 e. The van der Waals surface area contributed by atoms with Crippen molar-refractivity contribution in [1.82, 2.24) is 10.5 Å². The molecule has 3 amide bonds. The summed E-state index contributed by atoms with van der Waals surface area (Å²) in [5.41, 5.74) is 1.30. The number of anilines is 2. The highest BCUT2D eigenvalue weighted by molar-refractivity contribution is 6.00. The molecule has 0 spiro atoms. The number of aliphatic carboxylic acids is 1. The molecule has 1 aromatic heterocycles. The highest BCUT2D eigenvalue weighted by Crippen LogP contribution is 2.25. The molecule has 2 aromatic carbocycles. The van der Waals surface area contributed by atoms with Crippen LogP contribution in [0.2, 0.25) is 0 Å². The second-order valence-electron chi connectivity index (χ2n) is 8.28. The zero-order chi connectivity index (χ0) is 25.7. The van der Waals surface area contributed by atoms with Gasteiger partial charge in [0.15, 0.2) is 0 Å². The van der Waals surface area contributed by atoms with Gasteiger partial charge in [-0.2, -0.15) is 0 Å². The molecule has 0 saturated carbocycles. The van der Waals surface area contributed by atoms with Gasteiger partial charge in [-0.25, -0.2) is 18.4 Å². The molecular weight excluding hydrogens is 462 g/mol. The summed E-state index contributed by atoms with van der Waals surface area (Å²) in [6.45, 7) is 5.38. The van der Waals surface area contributed by atoms with Crippen LogP contribution < -0.4 is 16.0 Å². The van der Waals surface area contributed by atoms with Crippen molar-refractivity contribution in [1.29, 1.82) is 0 Å². The fourth-order valence-electron chi connectivity index (χ4n) is 3.29. The average molecular weight is 486 g/mol. The van der Waals surface area contributed by atoms with Crippen molar-refractivity contribution in [2.45, 2.75) is 33.2 Å². The van der Waals surface area contributed by atoms with E-state index in [4.69, 9.17) is 4.52 Å². The molecule has 0 aliphatic heterocycles. The van der Waals surface area contributed by atoms with Crippen molar-refractivity contribution in [2.75, 3.05) is 10.6 Å². The van der Waals surface area contributed by atoms with E-state index in [1.807, 2.05) is 13.8 Å². The van der Waals surface area contributed by atoms with Gasteiger partial charge in [0.25, 0.3) is 5.91 Å². The molecule has 0 bridgehead atoms. The summed E-state index contributed by atoms with van der Waals surface area (Å²) in [6.07, 6.45) is 0.257. The number of nitrogens with zero attached hydrogens (tertiary/aromatic N) is 1. The third kappa shape index (κ3) is 6.40. The van der Waals surface area contributed by atoms with E-state index in [-0.39, 0.29) is 18.1 Å². The molecule has 4 N–H and O–H groups in total. The van der Waals surface area contributed by atoms with Gasteiger partial charge in [0.1, 0.15) is 29.1 Å². The van der Waals surface area contributed by atoms with Gasteiger partial charge in [0, 0.05) is 17.3 Å². The highest BCUT2D eigenvalue weighted by atomic mass is 19.1. The number of aryl methyl sites for hydroxylation is 1. The largest absolute Gasteiger partial charge is 0.480 e. The summed E-state index contributed by atoms with van der Waals surface area (Å²) < 4.78 is 32.6. The van der Waals surface area contributed by atoms with Crippen molar-refractivity contribution in [3.8, 4) is 11.3 Å². The molecule has 0 fully saturated rings. The number of nitrogens with one attached hydrogen (secondary N) is 3. The minimum Gasteiger partial charge on any atom is -0.480 e. The monoisotopic (exact) mass is 486 g/mol. The predicted octanol–water partition coefficient (Wildman–Crippen LogP) is 4.80. The molecule has 1 atom stereocenters. The lowest BCUT2D eigenvalue weighted by atomic mass is 10.0. The lowest BCUT2D eigenvalue weighted by molar-refractivity contribution is -0.139. The highest BCUT2D eigenvalue weighted by Gasteiger charge is 2.24. The van der Waals surface area contributed by atoms with Gasteiger partial charge in [-0.15, -0.1) is 0 Å². The lowest BCUT2D eigenvalue weighted by Gasteiger charge is -2.15. The van der Waals surface area contributed by atoms with Crippen LogP contribution in [0.3, 0.4) is 0 Å². The standard InChI is InChI=1S/C24H24F2N4O5/c1-12(2)9-19(23(32)33)27-22(31)20-11-18(30-35-20)14-7-8-17(13(3)10-14)28-24(34)29-21-15(25)5-4-6-16(21)26/h4-8,10-12,19H,9H2,1-3H3,(H,27,31)(H,32,33)(H2,28,29,34). The van der Waals surface area contributed by atoms with Gasteiger partial charge in [0.05, 0.1) is 0 Å². The first-order valence-corrected chi connectivity index (χ1v) is 10.7. The Morgan fingerprint density at radius 1 is 1.06 bits per heavy atom. The van der Waals surface area contributed by atoms with Crippen molar-refractivity contribution in [2.24, 2.45) is 5.92 Å². The Bertz CT molecular complexity index is 1240. The molecular formula is C24H24F2N4O5. The van der Waals surface area contributed by atoms with Crippen molar-refractivity contribution >= 4 is 29.3 Å². The second kappa shape index (κ2) is 10.8. The maximum Gasteiger partial charge on any atom is 0.326 e. The third-order valence-electron chi connectivity index (χ3n) is 5.02. The van der Waals surface area contributed by atoms with E-state index < -0.39 is 41.3 Å². The first kappa shape index (κ1) is 25.3. The number of benzene rings is 2. The Morgan fingerprint density at radius 3 is 2.34 bits per heavy atom. The normalized spacial score (nSPS) is 11.7. The van der Waals surface area contributed by atoms with Crippen LogP contribution in [-0.2, 0) is 4.79 Å². The number of carboxylic acids is 1. The van der Waals surface area contributed by atoms with Gasteiger partial charge in [-0.3, -0.25) is 4.79 Å². The molecule has 1 unspecified atom stereocenters. The summed E-state index contributed by atoms with van der Waals surface area (Å²) >= 11 is 0. The van der Waals surface area contributed by atoms with E-state index in [2.05, 4.69) is 21.1 Å². The maximum absolute atomic E-state index is 13.7. The Labute approximate surface area is 199 Å². The predicted molar refractivity (Wildman–Crippen MR) is 124 cm³/mol. The van der Waals surface area contributed by atoms with E-state index in [0.29, 0.717) is 22.5 Å². The Balaban J connectivity index is 1.69. The summed E-state index contributed by atoms with van der Waals surface area (Å²) in [5.74, 6) is -3.75. The number of carbonyl (C=O) groups excluding carboxylic acids is 2. The first-order chi connectivity index (χ1) is 16.5. The van der Waals surface area contributed by atoms with Crippen LogP contribution >= 0.6 is 0 Å². The van der Waals surface area contributed by atoms with Crippen LogP contribution in [0, 0.1) is 24.5 Å². The van der Waals surface area contributed by atoms with E-state index in [9.17, 15) is 28.3 Å². The number of halogens is 2. The van der Waals surface area contributed by atoms with Gasteiger partial charge < -0.3 is 25.6 Å². The topological polar surface area (TPSA) is 134 Å². The summed E-state index contributed by atoms with van der Waals surface area (Å²) in [7, 11) is 0. The molecule has 11 heteroatoms. The van der Waals surface area contributed by atoms with Gasteiger partial charge in [-0.1, -0.05) is 31.1 Å². The number of para-hydroxylation sites is 1. The summed E-state index contributed by atoms with van der Waals surface area (Å²) in [4.78, 5) is 36.0. The zero-order valence-electron chi connectivity index (χ0n) is 19.2. The number of aromatic nitrogens is 1. The van der Waals surface area contributed by atoms with Crippen LogP contribution in [0.15, 0.2) is 47.0 Å². The molecule has 0 aliphatic rings. The first-order valence-electron chi connectivity index (χ1n) is 10.7. The van der Waals surface area contributed by atoms with Crippen LogP contribution in [0.25, 0.3) is 11.3 Å². The Morgan fingerprint density at radius 2 is 1.74 bits per heavy atom. The van der Waals surface area contributed by atoms with Crippen molar-refractivity contribution < 1.29 is 32.8 Å². The molecule has 9 nitrogen and oxygen atoms in total. The molecule has 3 rings (SSSR count). The molecule has 184 valence electrons. The second-order valence-corrected chi connectivity index (χ2v) is 8.28. The van der Waals surface area contributed by atoms with E-state index in [1.54, 1.807) is 25.1 Å². The van der Waals surface area contributed by atoms with Gasteiger partial charge in [-0.05, 0) is 49.1 Å². The van der Waals surface area contributed by atoms with Crippen molar-refractivity contribution in [3.05, 3.63) is 65.4 Å². The summed E-state index contributed by atoms with van der Waals surface area (Å²) in [6, 6.07) is 7.54. The van der Waals surface area contributed by atoms with Crippen LogP contribution in [-0.4, -0.2) is 34.2 Å². The van der Waals surface area contributed by atoms with Crippen LogP contribution in [0.1, 0.15) is 36.4 Å². The zero-order valence-corrected chi connectivity index (χ0v) is 19.2. The lowest BCUT2D eigenvalue weighted by Crippen LogP contribution is -2.41. The SMILES string of the molecule is Cc1cc(-c2cc(C(=O)NC(CC(C)C)C(=O)O)on2)ccc1NC(=O)Nc1c(F)cccc1F. The molecule has 35 heavy (non-hydrogen) atoms. The molecule has 1 heterocycles. The Hall–Kier alpha value is -4.28. The molecule has 0 aliphatic carbocycles. The summed E-state index contributed by atoms with van der Waals surface area (Å²) in [5, 5.41) is 20.2. The number of carbonyl (C=O) groups is 3. The minimum absolute atomic E-state index is 0.0598. The minimum atomic E-state index is -1.15. The number of carboxylic acid groups (broad SMARTS) is 1. The van der Waals surface area contributed by atoms with Crippen LogP contribution in [0.4, 0.5) is 25.0 Å². The fourth-order valence-corrected chi connectivity index (χ4v) is 3.29. The van der Waals surface area contributed by atoms with E-state index in [1.165, 1.54) is 12.1 Å². The van der Waals surface area contributed by atoms with Gasteiger partial charge >= 0.3 is 12.0 Å². The van der Waals surface area contributed by atoms with Gasteiger partial charge in [0.2, 0.25) is 5.76 Å². The van der Waals surface area contributed by atoms with Crippen molar-refractivity contribution in [3.63, 3.8) is 0 Å². The number of hydrogen-bond acceptors (Lipinski definition) is 5. The fraction of sp³-hybridized carbons (Fsp3) is 0.250. The number of urea groups is 1. The maximum atomic E-state index is 13.7. The third-order valence-corrected chi connectivity index (χ3v) is 5.02. The molecule has 3 aromatic rings.